The summed E-state index contributed by atoms with van der Waals surface area (Å²) in [5.41, 5.74) is 0. The Balaban J connectivity index is 3.38. The van der Waals surface area contributed by atoms with Crippen molar-refractivity contribution in [2.75, 3.05) is 13.2 Å². The van der Waals surface area contributed by atoms with Crippen molar-refractivity contribution >= 4 is 0 Å². The van der Waals surface area contributed by atoms with E-state index in [4.69, 9.17) is 9.47 Å². The SMILES string of the molecule is CCCCCCC/C=C\CCC(OCC)OCC. The van der Waals surface area contributed by atoms with Crippen LogP contribution < -0.4 is 0 Å². The zero-order valence-electron chi connectivity index (χ0n) is 12.6. The van der Waals surface area contributed by atoms with Gasteiger partial charge in [0.1, 0.15) is 0 Å². The van der Waals surface area contributed by atoms with E-state index in [9.17, 15) is 0 Å². The van der Waals surface area contributed by atoms with Crippen LogP contribution in [0.5, 0.6) is 0 Å². The molecule has 0 aromatic carbocycles. The van der Waals surface area contributed by atoms with Gasteiger partial charge in [-0.05, 0) is 33.1 Å². The molecule has 108 valence electrons. The van der Waals surface area contributed by atoms with Crippen molar-refractivity contribution in [3.8, 4) is 0 Å². The first-order chi connectivity index (χ1) is 8.85. The minimum Gasteiger partial charge on any atom is -0.353 e. The predicted octanol–water partition coefficient (Wildman–Crippen LogP) is 5.08. The second-order valence-corrected chi connectivity index (χ2v) is 4.59. The Hall–Kier alpha value is -0.340. The van der Waals surface area contributed by atoms with Crippen LogP contribution in [-0.2, 0) is 9.47 Å². The van der Waals surface area contributed by atoms with E-state index in [2.05, 4.69) is 19.1 Å². The fraction of sp³-hybridized carbons (Fsp3) is 0.875. The van der Waals surface area contributed by atoms with Crippen LogP contribution in [-0.4, -0.2) is 19.5 Å². The summed E-state index contributed by atoms with van der Waals surface area (Å²) in [5, 5.41) is 0. The van der Waals surface area contributed by atoms with Crippen molar-refractivity contribution in [3.05, 3.63) is 12.2 Å². The average Bonchev–Trinajstić information content (AvgIpc) is 2.37. The van der Waals surface area contributed by atoms with Crippen molar-refractivity contribution in [2.24, 2.45) is 0 Å². The maximum Gasteiger partial charge on any atom is 0.157 e. The number of allylic oxidation sites excluding steroid dienone is 2. The van der Waals surface area contributed by atoms with Gasteiger partial charge in [-0.2, -0.15) is 0 Å². The number of rotatable bonds is 13. The number of unbranched alkanes of at least 4 members (excludes halogenated alkanes) is 5. The maximum absolute atomic E-state index is 5.50. The zero-order chi connectivity index (χ0) is 13.5. The van der Waals surface area contributed by atoms with E-state index in [1.807, 2.05) is 13.8 Å². The molecular weight excluding hydrogens is 224 g/mol. The van der Waals surface area contributed by atoms with Crippen LogP contribution >= 0.6 is 0 Å². The van der Waals surface area contributed by atoms with Crippen molar-refractivity contribution in [2.45, 2.75) is 78.4 Å². The molecule has 0 aromatic heterocycles. The summed E-state index contributed by atoms with van der Waals surface area (Å²) in [6, 6.07) is 0. The summed E-state index contributed by atoms with van der Waals surface area (Å²) in [6.07, 6.45) is 14.6. The summed E-state index contributed by atoms with van der Waals surface area (Å²) in [7, 11) is 0. The lowest BCUT2D eigenvalue weighted by atomic mass is 10.1. The lowest BCUT2D eigenvalue weighted by molar-refractivity contribution is -0.138. The molecule has 0 amide bonds. The molecule has 0 saturated carbocycles. The Bertz CT molecular complexity index is 172. The quantitative estimate of drug-likeness (QED) is 0.260. The second-order valence-electron chi connectivity index (χ2n) is 4.59. The van der Waals surface area contributed by atoms with Crippen LogP contribution in [0.3, 0.4) is 0 Å². The topological polar surface area (TPSA) is 18.5 Å². The second kappa shape index (κ2) is 14.7. The third-order valence-electron chi connectivity index (χ3n) is 2.92. The maximum atomic E-state index is 5.50. The molecule has 0 atom stereocenters. The molecule has 0 unspecified atom stereocenters. The first kappa shape index (κ1) is 17.7. The summed E-state index contributed by atoms with van der Waals surface area (Å²) in [6.45, 7) is 7.74. The third-order valence-corrected chi connectivity index (χ3v) is 2.92. The molecule has 0 bridgehead atoms. The lowest BCUT2D eigenvalue weighted by Gasteiger charge is -2.15. The Morgan fingerprint density at radius 3 is 2.00 bits per heavy atom. The Kier molecular flexibility index (Phi) is 14.4. The highest BCUT2D eigenvalue weighted by Gasteiger charge is 2.05. The van der Waals surface area contributed by atoms with E-state index in [1.165, 1.54) is 38.5 Å². The molecule has 0 aromatic rings. The van der Waals surface area contributed by atoms with Crippen LogP contribution in [0.1, 0.15) is 72.1 Å². The van der Waals surface area contributed by atoms with E-state index in [0.29, 0.717) is 0 Å². The molecular formula is C16H32O2. The molecule has 0 radical (unpaired) electrons. The van der Waals surface area contributed by atoms with Gasteiger partial charge in [-0.15, -0.1) is 0 Å². The average molecular weight is 256 g/mol. The molecule has 0 N–H and O–H groups in total. The van der Waals surface area contributed by atoms with Crippen molar-refractivity contribution in [3.63, 3.8) is 0 Å². The summed E-state index contributed by atoms with van der Waals surface area (Å²) in [5.74, 6) is 0. The van der Waals surface area contributed by atoms with E-state index >= 15 is 0 Å². The summed E-state index contributed by atoms with van der Waals surface area (Å²) in [4.78, 5) is 0. The summed E-state index contributed by atoms with van der Waals surface area (Å²) >= 11 is 0. The Labute approximate surface area is 114 Å². The van der Waals surface area contributed by atoms with Gasteiger partial charge < -0.3 is 9.47 Å². The first-order valence-electron chi connectivity index (χ1n) is 7.73. The van der Waals surface area contributed by atoms with Crippen molar-refractivity contribution < 1.29 is 9.47 Å². The molecule has 2 heteroatoms. The van der Waals surface area contributed by atoms with Gasteiger partial charge in [-0.3, -0.25) is 0 Å². The number of hydrogen-bond donors (Lipinski definition) is 0. The van der Waals surface area contributed by atoms with E-state index in [1.54, 1.807) is 0 Å². The zero-order valence-corrected chi connectivity index (χ0v) is 12.6. The van der Waals surface area contributed by atoms with Crippen LogP contribution in [0, 0.1) is 0 Å². The van der Waals surface area contributed by atoms with Gasteiger partial charge in [0, 0.05) is 19.6 Å². The molecule has 0 fully saturated rings. The van der Waals surface area contributed by atoms with Gasteiger partial charge in [0.05, 0.1) is 0 Å². The van der Waals surface area contributed by atoms with Gasteiger partial charge in [0.15, 0.2) is 6.29 Å². The van der Waals surface area contributed by atoms with Gasteiger partial charge in [0.2, 0.25) is 0 Å². The van der Waals surface area contributed by atoms with Gasteiger partial charge in [0.25, 0.3) is 0 Å². The van der Waals surface area contributed by atoms with E-state index < -0.39 is 0 Å². The first-order valence-corrected chi connectivity index (χ1v) is 7.73. The normalized spacial score (nSPS) is 11.8. The number of ether oxygens (including phenoxy) is 2. The molecule has 0 aliphatic carbocycles. The largest absolute Gasteiger partial charge is 0.353 e. The highest BCUT2D eigenvalue weighted by Crippen LogP contribution is 2.08. The van der Waals surface area contributed by atoms with Crippen molar-refractivity contribution in [1.82, 2.24) is 0 Å². The highest BCUT2D eigenvalue weighted by molar-refractivity contribution is 4.81. The van der Waals surface area contributed by atoms with Gasteiger partial charge in [-0.25, -0.2) is 0 Å². The minimum atomic E-state index is -0.0193. The van der Waals surface area contributed by atoms with Crippen LogP contribution in [0.25, 0.3) is 0 Å². The molecule has 0 saturated heterocycles. The molecule has 0 aliphatic rings. The van der Waals surface area contributed by atoms with Crippen LogP contribution in [0.15, 0.2) is 12.2 Å². The van der Waals surface area contributed by atoms with Crippen LogP contribution in [0.4, 0.5) is 0 Å². The van der Waals surface area contributed by atoms with E-state index in [-0.39, 0.29) is 6.29 Å². The fourth-order valence-corrected chi connectivity index (χ4v) is 1.92. The van der Waals surface area contributed by atoms with E-state index in [0.717, 1.165) is 26.1 Å². The Morgan fingerprint density at radius 1 is 0.778 bits per heavy atom. The standard InChI is InChI=1S/C16H32O2/c1-4-7-8-9-10-11-12-13-14-15-16(17-5-2)18-6-3/h12-13,16H,4-11,14-15H2,1-3H3/b13-12-. The molecule has 2 nitrogen and oxygen atoms in total. The number of hydrogen-bond acceptors (Lipinski definition) is 2. The Morgan fingerprint density at radius 2 is 1.39 bits per heavy atom. The van der Waals surface area contributed by atoms with Crippen molar-refractivity contribution in [1.29, 1.82) is 0 Å². The summed E-state index contributed by atoms with van der Waals surface area (Å²) < 4.78 is 11.0. The molecule has 0 heterocycles. The molecule has 0 rings (SSSR count). The fourth-order valence-electron chi connectivity index (χ4n) is 1.92. The minimum absolute atomic E-state index is 0.0193. The third kappa shape index (κ3) is 12.1. The van der Waals surface area contributed by atoms with Gasteiger partial charge >= 0.3 is 0 Å². The molecule has 0 aliphatic heterocycles. The smallest absolute Gasteiger partial charge is 0.157 e. The molecule has 0 spiro atoms. The monoisotopic (exact) mass is 256 g/mol. The van der Waals surface area contributed by atoms with Gasteiger partial charge in [-0.1, -0.05) is 44.8 Å². The lowest BCUT2D eigenvalue weighted by Crippen LogP contribution is -2.16. The predicted molar refractivity (Wildman–Crippen MR) is 78.8 cm³/mol. The van der Waals surface area contributed by atoms with Crippen LogP contribution in [0.2, 0.25) is 0 Å². The molecule has 18 heavy (non-hydrogen) atoms. The highest BCUT2D eigenvalue weighted by atomic mass is 16.7.